The molecule has 6 nitrogen and oxygen atoms in total. The van der Waals surface area contributed by atoms with E-state index < -0.39 is 5.97 Å². The van der Waals surface area contributed by atoms with Gasteiger partial charge in [-0.2, -0.15) is 0 Å². The van der Waals surface area contributed by atoms with Crippen LogP contribution in [0.5, 0.6) is 0 Å². The molecule has 0 aliphatic heterocycles. The molecule has 0 saturated carbocycles. The van der Waals surface area contributed by atoms with Crippen molar-refractivity contribution in [1.82, 2.24) is 10.6 Å². The summed E-state index contributed by atoms with van der Waals surface area (Å²) >= 11 is 0. The Hall–Kier alpha value is -2.37. The highest BCUT2D eigenvalue weighted by Gasteiger charge is 1.93. The Morgan fingerprint density at radius 1 is 0.938 bits per heavy atom. The molecule has 0 aromatic heterocycles. The van der Waals surface area contributed by atoms with E-state index in [2.05, 4.69) is 30.4 Å². The number of hydrogen-bond acceptors (Lipinski definition) is 3. The molecule has 2 amide bonds. The first kappa shape index (κ1) is 16.1. The van der Waals surface area contributed by atoms with E-state index in [0.717, 1.165) is 18.2 Å². The molecule has 0 aromatic rings. The van der Waals surface area contributed by atoms with Gasteiger partial charge in [0.05, 0.1) is 6.67 Å². The lowest BCUT2D eigenvalue weighted by molar-refractivity contribution is -0.131. The molecule has 0 radical (unpaired) electrons. The first-order valence-corrected chi connectivity index (χ1v) is 4.13. The van der Waals surface area contributed by atoms with E-state index >= 15 is 0 Å². The Kier molecular flexibility index (Phi) is 10.8. The quantitative estimate of drug-likeness (QED) is 0.447. The van der Waals surface area contributed by atoms with Gasteiger partial charge in [0.2, 0.25) is 11.8 Å². The molecule has 0 bridgehead atoms. The van der Waals surface area contributed by atoms with Gasteiger partial charge in [-0.1, -0.05) is 19.7 Å². The van der Waals surface area contributed by atoms with Crippen LogP contribution in [-0.2, 0) is 14.4 Å². The second-order valence-corrected chi connectivity index (χ2v) is 2.21. The maximum Gasteiger partial charge on any atom is 0.327 e. The van der Waals surface area contributed by atoms with Crippen LogP contribution in [0.3, 0.4) is 0 Å². The number of aliphatic carboxylic acids is 1. The number of carboxylic acids is 1. The molecule has 0 unspecified atom stereocenters. The number of carboxylic acid groups (broad SMARTS) is 1. The Bertz CT molecular complexity index is 277. The van der Waals surface area contributed by atoms with Gasteiger partial charge in [-0.15, -0.1) is 0 Å². The molecule has 0 fully saturated rings. The summed E-state index contributed by atoms with van der Waals surface area (Å²) in [6, 6.07) is 0. The molecule has 0 atom stereocenters. The first-order valence-electron chi connectivity index (χ1n) is 4.13. The monoisotopic (exact) mass is 226 g/mol. The average molecular weight is 226 g/mol. The third-order valence-electron chi connectivity index (χ3n) is 1.07. The lowest BCUT2D eigenvalue weighted by atomic mass is 10.5. The largest absolute Gasteiger partial charge is 0.478 e. The van der Waals surface area contributed by atoms with E-state index in [4.69, 9.17) is 5.11 Å². The lowest BCUT2D eigenvalue weighted by Gasteiger charge is -2.01. The van der Waals surface area contributed by atoms with Crippen molar-refractivity contribution in [3.63, 3.8) is 0 Å². The van der Waals surface area contributed by atoms with E-state index in [1.807, 2.05) is 0 Å². The van der Waals surface area contributed by atoms with Crippen molar-refractivity contribution in [1.29, 1.82) is 0 Å². The summed E-state index contributed by atoms with van der Waals surface area (Å²) in [6.07, 6.45) is 3.08. The summed E-state index contributed by atoms with van der Waals surface area (Å²) in [5.41, 5.74) is 0. The topological polar surface area (TPSA) is 95.5 Å². The highest BCUT2D eigenvalue weighted by atomic mass is 16.4. The van der Waals surface area contributed by atoms with E-state index in [9.17, 15) is 14.4 Å². The third kappa shape index (κ3) is 14.2. The summed E-state index contributed by atoms with van der Waals surface area (Å²) in [6.45, 7) is 9.52. The molecule has 0 aromatic carbocycles. The van der Waals surface area contributed by atoms with Crippen LogP contribution in [0.15, 0.2) is 38.0 Å². The maximum absolute atomic E-state index is 10.5. The Morgan fingerprint density at radius 3 is 1.44 bits per heavy atom. The van der Waals surface area contributed by atoms with E-state index in [1.54, 1.807) is 0 Å². The number of rotatable bonds is 5. The standard InChI is InChI=1S/C7H10N2O2.C3H4O2/c1-3-6(10)8-5-9-7(11)4-2;1-2-3(4)5/h3-4H,1-2,5H2,(H,8,10)(H,9,11);2H,1H2,(H,4,5). The lowest BCUT2D eigenvalue weighted by Crippen LogP contribution is -2.35. The van der Waals surface area contributed by atoms with Crippen molar-refractivity contribution < 1.29 is 19.5 Å². The summed E-state index contributed by atoms with van der Waals surface area (Å²) in [5, 5.41) is 12.3. The molecule has 88 valence electrons. The second kappa shape index (κ2) is 10.7. The van der Waals surface area contributed by atoms with Crippen molar-refractivity contribution in [2.75, 3.05) is 6.67 Å². The van der Waals surface area contributed by atoms with Crippen molar-refractivity contribution in [2.45, 2.75) is 0 Å². The van der Waals surface area contributed by atoms with Crippen LogP contribution in [-0.4, -0.2) is 29.6 Å². The van der Waals surface area contributed by atoms with Crippen molar-refractivity contribution >= 4 is 17.8 Å². The molecule has 0 spiro atoms. The maximum atomic E-state index is 10.5. The van der Waals surface area contributed by atoms with Gasteiger partial charge in [0.15, 0.2) is 0 Å². The highest BCUT2D eigenvalue weighted by molar-refractivity contribution is 5.89. The van der Waals surface area contributed by atoms with Crippen LogP contribution in [0, 0.1) is 0 Å². The molecular formula is C10H14N2O4. The normalized spacial score (nSPS) is 7.50. The zero-order chi connectivity index (χ0) is 13.0. The molecule has 0 aliphatic rings. The van der Waals surface area contributed by atoms with Crippen LogP contribution in [0.1, 0.15) is 0 Å². The van der Waals surface area contributed by atoms with Crippen LogP contribution in [0.4, 0.5) is 0 Å². The van der Waals surface area contributed by atoms with Gasteiger partial charge in [0.1, 0.15) is 0 Å². The molecule has 0 rings (SSSR count). The first-order chi connectivity index (χ1) is 7.47. The molecule has 16 heavy (non-hydrogen) atoms. The van der Waals surface area contributed by atoms with Gasteiger partial charge >= 0.3 is 5.97 Å². The zero-order valence-corrected chi connectivity index (χ0v) is 8.73. The smallest absolute Gasteiger partial charge is 0.327 e. The Labute approximate surface area is 93.3 Å². The van der Waals surface area contributed by atoms with Gasteiger partial charge in [0.25, 0.3) is 0 Å². The summed E-state index contributed by atoms with van der Waals surface area (Å²) in [7, 11) is 0. The fraction of sp³-hybridized carbons (Fsp3) is 0.100. The number of carbonyl (C=O) groups excluding carboxylic acids is 2. The van der Waals surface area contributed by atoms with Gasteiger partial charge in [-0.25, -0.2) is 4.79 Å². The summed E-state index contributed by atoms with van der Waals surface area (Å²) in [4.78, 5) is 30.2. The van der Waals surface area contributed by atoms with Crippen molar-refractivity contribution in [2.24, 2.45) is 0 Å². The van der Waals surface area contributed by atoms with Gasteiger partial charge in [-0.3, -0.25) is 9.59 Å². The van der Waals surface area contributed by atoms with E-state index in [0.29, 0.717) is 0 Å². The SMILES string of the molecule is C=CC(=O)NCNC(=O)C=C.C=CC(=O)O. The van der Waals surface area contributed by atoms with Crippen LogP contribution < -0.4 is 10.6 Å². The summed E-state index contributed by atoms with van der Waals surface area (Å²) < 4.78 is 0. The van der Waals surface area contributed by atoms with Gasteiger partial charge in [0, 0.05) is 6.08 Å². The van der Waals surface area contributed by atoms with Crippen molar-refractivity contribution in [3.8, 4) is 0 Å². The fourth-order valence-corrected chi connectivity index (χ4v) is 0.363. The summed E-state index contributed by atoms with van der Waals surface area (Å²) in [5.74, 6) is -1.63. The van der Waals surface area contributed by atoms with E-state index in [1.165, 1.54) is 0 Å². The molecule has 6 heteroatoms. The molecule has 0 aliphatic carbocycles. The predicted molar refractivity (Wildman–Crippen MR) is 59.4 cm³/mol. The van der Waals surface area contributed by atoms with Crippen LogP contribution >= 0.6 is 0 Å². The second-order valence-electron chi connectivity index (χ2n) is 2.21. The third-order valence-corrected chi connectivity index (χ3v) is 1.07. The average Bonchev–Trinajstić information content (AvgIpc) is 2.29. The van der Waals surface area contributed by atoms with Gasteiger partial charge in [-0.05, 0) is 12.2 Å². The minimum Gasteiger partial charge on any atom is -0.478 e. The fourth-order valence-electron chi connectivity index (χ4n) is 0.363. The number of amides is 2. The molecule has 3 N–H and O–H groups in total. The van der Waals surface area contributed by atoms with E-state index in [-0.39, 0.29) is 18.5 Å². The Balaban J connectivity index is 0. The number of hydrogen-bond donors (Lipinski definition) is 3. The zero-order valence-electron chi connectivity index (χ0n) is 8.73. The van der Waals surface area contributed by atoms with Crippen molar-refractivity contribution in [3.05, 3.63) is 38.0 Å². The molecule has 0 saturated heterocycles. The minimum atomic E-state index is -0.981. The number of nitrogens with one attached hydrogen (secondary N) is 2. The van der Waals surface area contributed by atoms with Gasteiger partial charge < -0.3 is 15.7 Å². The van der Waals surface area contributed by atoms with Crippen LogP contribution in [0.2, 0.25) is 0 Å². The van der Waals surface area contributed by atoms with Crippen LogP contribution in [0.25, 0.3) is 0 Å². The highest BCUT2D eigenvalue weighted by Crippen LogP contribution is 1.65. The Morgan fingerprint density at radius 2 is 1.25 bits per heavy atom. The molecular weight excluding hydrogens is 212 g/mol. The number of carbonyl (C=O) groups is 3. The minimum absolute atomic E-state index is 0.0930. The molecule has 0 heterocycles. The predicted octanol–water partition coefficient (Wildman–Crippen LogP) is -0.195.